The molecular formula is C14H15NO3S. The second-order valence-electron chi connectivity index (χ2n) is 4.66. The van der Waals surface area contributed by atoms with Crippen molar-refractivity contribution in [1.82, 2.24) is 4.98 Å². The first kappa shape index (κ1) is 12.4. The van der Waals surface area contributed by atoms with Crippen molar-refractivity contribution < 1.29 is 14.3 Å². The van der Waals surface area contributed by atoms with Crippen LogP contribution in [0.2, 0.25) is 0 Å². The van der Waals surface area contributed by atoms with Gasteiger partial charge >= 0.3 is 5.97 Å². The lowest BCUT2D eigenvalue weighted by Crippen LogP contribution is -2.21. The Morgan fingerprint density at radius 3 is 2.89 bits per heavy atom. The Balaban J connectivity index is 2.00. The molecule has 1 saturated carbocycles. The fourth-order valence-electron chi connectivity index (χ4n) is 2.19. The van der Waals surface area contributed by atoms with Crippen LogP contribution in [0.4, 0.5) is 0 Å². The molecule has 0 bridgehead atoms. The highest BCUT2D eigenvalue weighted by Crippen LogP contribution is 2.51. The number of methoxy groups -OCH3 is 1. The molecule has 1 fully saturated rings. The molecule has 0 aliphatic heterocycles. The number of fused-ring (bicyclic) bond motifs is 1. The molecule has 0 amide bonds. The average Bonchev–Trinajstić information content (AvgIpc) is 3.12. The fraction of sp³-hybridized carbons (Fsp3) is 0.429. The zero-order chi connectivity index (χ0) is 13.5. The fourth-order valence-corrected chi connectivity index (χ4v) is 3.42. The van der Waals surface area contributed by atoms with Gasteiger partial charge in [-0.15, -0.1) is 11.3 Å². The van der Waals surface area contributed by atoms with Gasteiger partial charge in [-0.1, -0.05) is 0 Å². The number of esters is 1. The SMILES string of the molecule is CCOc1ccc2nc(C3(C(=O)OC)CC3)sc2c1. The van der Waals surface area contributed by atoms with Crippen molar-refractivity contribution in [1.29, 1.82) is 0 Å². The van der Waals surface area contributed by atoms with Crippen LogP contribution in [-0.2, 0) is 14.9 Å². The van der Waals surface area contributed by atoms with Crippen LogP contribution in [-0.4, -0.2) is 24.7 Å². The van der Waals surface area contributed by atoms with E-state index in [9.17, 15) is 4.79 Å². The summed E-state index contributed by atoms with van der Waals surface area (Å²) in [4.78, 5) is 16.4. The predicted octanol–water partition coefficient (Wildman–Crippen LogP) is 2.90. The second kappa shape index (κ2) is 4.49. The minimum atomic E-state index is -0.482. The largest absolute Gasteiger partial charge is 0.494 e. The Morgan fingerprint density at radius 1 is 1.47 bits per heavy atom. The number of benzene rings is 1. The van der Waals surface area contributed by atoms with Crippen LogP contribution in [0.3, 0.4) is 0 Å². The van der Waals surface area contributed by atoms with Gasteiger partial charge in [-0.3, -0.25) is 4.79 Å². The average molecular weight is 277 g/mol. The number of carbonyl (C=O) groups excluding carboxylic acids is 1. The molecule has 1 aliphatic rings. The van der Waals surface area contributed by atoms with Crippen molar-refractivity contribution in [2.45, 2.75) is 25.2 Å². The first-order valence-corrected chi connectivity index (χ1v) is 7.13. The third-order valence-electron chi connectivity index (χ3n) is 3.41. The van der Waals surface area contributed by atoms with Crippen LogP contribution in [0, 0.1) is 0 Å². The van der Waals surface area contributed by atoms with E-state index >= 15 is 0 Å². The summed E-state index contributed by atoms with van der Waals surface area (Å²) in [5.74, 6) is 0.671. The number of hydrogen-bond donors (Lipinski definition) is 0. The lowest BCUT2D eigenvalue weighted by molar-refractivity contribution is -0.143. The summed E-state index contributed by atoms with van der Waals surface area (Å²) in [7, 11) is 1.43. The highest BCUT2D eigenvalue weighted by Gasteiger charge is 2.55. The van der Waals surface area contributed by atoms with Crippen LogP contribution in [0.1, 0.15) is 24.8 Å². The van der Waals surface area contributed by atoms with Crippen LogP contribution in [0.5, 0.6) is 5.75 Å². The number of thiazole rings is 1. The maximum Gasteiger partial charge on any atom is 0.318 e. The zero-order valence-electron chi connectivity index (χ0n) is 10.9. The van der Waals surface area contributed by atoms with E-state index in [-0.39, 0.29) is 5.97 Å². The summed E-state index contributed by atoms with van der Waals surface area (Å²) in [6, 6.07) is 5.83. The van der Waals surface area contributed by atoms with E-state index in [1.165, 1.54) is 7.11 Å². The van der Waals surface area contributed by atoms with Crippen LogP contribution in [0.25, 0.3) is 10.2 Å². The van der Waals surface area contributed by atoms with Gasteiger partial charge in [0.1, 0.15) is 16.2 Å². The minimum absolute atomic E-state index is 0.170. The number of rotatable bonds is 4. The van der Waals surface area contributed by atoms with Crippen LogP contribution < -0.4 is 4.74 Å². The zero-order valence-corrected chi connectivity index (χ0v) is 11.8. The van der Waals surface area contributed by atoms with Crippen molar-refractivity contribution in [3.63, 3.8) is 0 Å². The first-order valence-electron chi connectivity index (χ1n) is 6.32. The Hall–Kier alpha value is -1.62. The highest BCUT2D eigenvalue weighted by atomic mass is 32.1. The third kappa shape index (κ3) is 1.98. The van der Waals surface area contributed by atoms with Gasteiger partial charge in [0, 0.05) is 0 Å². The van der Waals surface area contributed by atoms with Gasteiger partial charge in [-0.05, 0) is 38.0 Å². The smallest absolute Gasteiger partial charge is 0.318 e. The molecule has 0 N–H and O–H groups in total. The van der Waals surface area contributed by atoms with Gasteiger partial charge in [0.05, 0.1) is 23.9 Å². The molecule has 5 heteroatoms. The highest BCUT2D eigenvalue weighted by molar-refractivity contribution is 7.18. The van der Waals surface area contributed by atoms with Crippen molar-refractivity contribution >= 4 is 27.5 Å². The minimum Gasteiger partial charge on any atom is -0.494 e. The molecule has 1 aliphatic carbocycles. The third-order valence-corrected chi connectivity index (χ3v) is 4.63. The normalized spacial score (nSPS) is 16.3. The van der Waals surface area contributed by atoms with Crippen molar-refractivity contribution in [2.24, 2.45) is 0 Å². The lowest BCUT2D eigenvalue weighted by Gasteiger charge is -2.07. The topological polar surface area (TPSA) is 48.4 Å². The summed E-state index contributed by atoms with van der Waals surface area (Å²) in [5.41, 5.74) is 0.433. The molecule has 3 rings (SSSR count). The molecular weight excluding hydrogens is 262 g/mol. The van der Waals surface area contributed by atoms with Crippen molar-refractivity contribution in [3.8, 4) is 5.75 Å². The maximum atomic E-state index is 11.9. The monoisotopic (exact) mass is 277 g/mol. The molecule has 0 radical (unpaired) electrons. The molecule has 1 aromatic heterocycles. The van der Waals surface area contributed by atoms with E-state index < -0.39 is 5.41 Å². The molecule has 0 saturated heterocycles. The van der Waals surface area contributed by atoms with Gasteiger partial charge in [0.2, 0.25) is 0 Å². The van der Waals surface area contributed by atoms with Gasteiger partial charge in [-0.25, -0.2) is 4.98 Å². The number of ether oxygens (including phenoxy) is 2. The standard InChI is InChI=1S/C14H15NO3S/c1-3-18-9-4-5-10-11(8-9)19-12(15-10)14(6-7-14)13(16)17-2/h4-5,8H,3,6-7H2,1-2H3. The summed E-state index contributed by atoms with van der Waals surface area (Å²) < 4.78 is 11.4. The van der Waals surface area contributed by atoms with E-state index in [1.54, 1.807) is 11.3 Å². The van der Waals surface area contributed by atoms with E-state index in [4.69, 9.17) is 9.47 Å². The molecule has 0 unspecified atom stereocenters. The van der Waals surface area contributed by atoms with Gasteiger partial charge < -0.3 is 9.47 Å². The quantitative estimate of drug-likeness (QED) is 0.806. The molecule has 1 heterocycles. The molecule has 1 aromatic carbocycles. The molecule has 0 atom stereocenters. The van der Waals surface area contributed by atoms with E-state index in [1.807, 2.05) is 25.1 Å². The lowest BCUT2D eigenvalue weighted by atomic mass is 10.1. The Bertz CT molecular complexity index is 631. The van der Waals surface area contributed by atoms with Gasteiger partial charge in [0.15, 0.2) is 0 Å². The van der Waals surface area contributed by atoms with Crippen LogP contribution in [0.15, 0.2) is 18.2 Å². The van der Waals surface area contributed by atoms with Gasteiger partial charge in [0.25, 0.3) is 0 Å². The van der Waals surface area contributed by atoms with E-state index in [0.29, 0.717) is 6.61 Å². The maximum absolute atomic E-state index is 11.9. The summed E-state index contributed by atoms with van der Waals surface area (Å²) in [5, 5.41) is 0.864. The Labute approximate surface area is 115 Å². The second-order valence-corrected chi connectivity index (χ2v) is 5.69. The van der Waals surface area contributed by atoms with E-state index in [0.717, 1.165) is 33.8 Å². The Morgan fingerprint density at radius 2 is 2.26 bits per heavy atom. The Kier molecular flexibility index (Phi) is 2.93. The number of nitrogens with zero attached hydrogens (tertiary/aromatic N) is 1. The van der Waals surface area contributed by atoms with E-state index in [2.05, 4.69) is 4.98 Å². The number of aromatic nitrogens is 1. The summed E-state index contributed by atoms with van der Waals surface area (Å²) in [6.07, 6.45) is 1.66. The first-order chi connectivity index (χ1) is 9.19. The molecule has 4 nitrogen and oxygen atoms in total. The number of carbonyl (C=O) groups is 1. The predicted molar refractivity (Wildman–Crippen MR) is 73.7 cm³/mol. The molecule has 0 spiro atoms. The molecule has 2 aromatic rings. The summed E-state index contributed by atoms with van der Waals surface area (Å²) >= 11 is 1.56. The summed E-state index contributed by atoms with van der Waals surface area (Å²) in [6.45, 7) is 2.60. The number of hydrogen-bond acceptors (Lipinski definition) is 5. The van der Waals surface area contributed by atoms with Crippen LogP contribution >= 0.6 is 11.3 Å². The van der Waals surface area contributed by atoms with Crippen molar-refractivity contribution in [2.75, 3.05) is 13.7 Å². The van der Waals surface area contributed by atoms with Crippen molar-refractivity contribution in [3.05, 3.63) is 23.2 Å². The molecule has 19 heavy (non-hydrogen) atoms. The molecule has 100 valence electrons. The van der Waals surface area contributed by atoms with Gasteiger partial charge in [-0.2, -0.15) is 0 Å².